The van der Waals surface area contributed by atoms with Gasteiger partial charge in [-0.2, -0.15) is 10.2 Å². The summed E-state index contributed by atoms with van der Waals surface area (Å²) in [6, 6.07) is 7.95. The number of carboxylic acid groups (broad SMARTS) is 1. The fourth-order valence-corrected chi connectivity index (χ4v) is 8.34. The van der Waals surface area contributed by atoms with Crippen LogP contribution < -0.4 is 15.4 Å². The number of para-hydroxylation sites is 1. The van der Waals surface area contributed by atoms with Gasteiger partial charge >= 0.3 is 12.3 Å². The highest BCUT2D eigenvalue weighted by molar-refractivity contribution is 5.73. The van der Waals surface area contributed by atoms with Gasteiger partial charge in [-0.3, -0.25) is 9.69 Å². The maximum Gasteiger partial charge on any atom is 0.573 e. The van der Waals surface area contributed by atoms with Gasteiger partial charge < -0.3 is 20.5 Å². The van der Waals surface area contributed by atoms with Crippen molar-refractivity contribution in [1.82, 2.24) is 14.9 Å². The van der Waals surface area contributed by atoms with E-state index in [9.17, 15) is 28.3 Å². The molecule has 7 rings (SSSR count). The third-order valence-electron chi connectivity index (χ3n) is 9.49. The van der Waals surface area contributed by atoms with E-state index in [0.29, 0.717) is 47.3 Å². The van der Waals surface area contributed by atoms with Gasteiger partial charge in [-0.15, -0.1) is 13.2 Å². The maximum absolute atomic E-state index is 12.8. The Bertz CT molecular complexity index is 1330. The van der Waals surface area contributed by atoms with Crippen LogP contribution in [-0.2, 0) is 11.3 Å². The number of nitriles is 1. The summed E-state index contributed by atoms with van der Waals surface area (Å²) in [6.07, 6.45) is 3.72. The average molecular weight is 571 g/mol. The second-order valence-electron chi connectivity index (χ2n) is 12.1. The van der Waals surface area contributed by atoms with Gasteiger partial charge in [-0.25, -0.2) is 4.98 Å². The Kier molecular flexibility index (Phi) is 7.18. The van der Waals surface area contributed by atoms with Gasteiger partial charge in [-0.05, 0) is 80.7 Å². The molecule has 3 N–H and O–H groups in total. The summed E-state index contributed by atoms with van der Waals surface area (Å²) in [5.41, 5.74) is 0.642. The molecular formula is C29H33F3N6O3. The number of benzene rings is 1. The molecule has 0 amide bonds. The number of likely N-dealkylation sites (tertiary alicyclic amines) is 1. The summed E-state index contributed by atoms with van der Waals surface area (Å²) in [7, 11) is 0. The predicted octanol–water partition coefficient (Wildman–Crippen LogP) is 5.01. The van der Waals surface area contributed by atoms with Gasteiger partial charge in [0.1, 0.15) is 29.2 Å². The first kappa shape index (κ1) is 27.6. The Hall–Kier alpha value is -3.59. The number of alkyl halides is 3. The van der Waals surface area contributed by atoms with E-state index in [2.05, 4.69) is 36.3 Å². The average Bonchev–Trinajstić information content (AvgIpc) is 3.40. The smallest absolute Gasteiger partial charge is 0.480 e. The number of rotatable bonds is 9. The van der Waals surface area contributed by atoms with Gasteiger partial charge in [0.15, 0.2) is 0 Å². The summed E-state index contributed by atoms with van der Waals surface area (Å²) >= 11 is 0. The minimum Gasteiger partial charge on any atom is -0.480 e. The first-order valence-electron chi connectivity index (χ1n) is 14.2. The molecule has 1 saturated heterocycles. The fourth-order valence-electron chi connectivity index (χ4n) is 8.34. The van der Waals surface area contributed by atoms with Crippen LogP contribution in [0.2, 0.25) is 0 Å². The summed E-state index contributed by atoms with van der Waals surface area (Å²) in [5, 5.41) is 25.8. The molecule has 5 aliphatic rings. The Balaban J connectivity index is 1.14. The lowest BCUT2D eigenvalue weighted by atomic mass is 9.47. The van der Waals surface area contributed by atoms with E-state index in [0.717, 1.165) is 51.5 Å². The third kappa shape index (κ3) is 5.64. The number of carbonyl (C=O) groups is 1. The molecule has 1 aromatic carbocycles. The Labute approximate surface area is 236 Å². The quantitative estimate of drug-likeness (QED) is 0.382. The first-order chi connectivity index (χ1) is 19.6. The molecule has 12 heteroatoms. The summed E-state index contributed by atoms with van der Waals surface area (Å²) in [4.78, 5) is 22.9. The molecule has 2 heterocycles. The topological polar surface area (TPSA) is 123 Å². The van der Waals surface area contributed by atoms with Gasteiger partial charge in [0.2, 0.25) is 5.95 Å². The van der Waals surface area contributed by atoms with Crippen LogP contribution in [-0.4, -0.2) is 57.5 Å². The van der Waals surface area contributed by atoms with Crippen molar-refractivity contribution < 1.29 is 27.8 Å². The number of hydrogen-bond donors (Lipinski definition) is 3. The molecule has 4 aliphatic carbocycles. The summed E-state index contributed by atoms with van der Waals surface area (Å²) < 4.78 is 42.5. The molecule has 2 aromatic rings. The first-order valence-corrected chi connectivity index (χ1v) is 14.2. The van der Waals surface area contributed by atoms with Crippen LogP contribution in [0.5, 0.6) is 5.75 Å². The number of aromatic nitrogens is 2. The second-order valence-corrected chi connectivity index (χ2v) is 12.1. The lowest BCUT2D eigenvalue weighted by Gasteiger charge is -2.62. The van der Waals surface area contributed by atoms with Crippen molar-refractivity contribution in [2.45, 2.75) is 69.9 Å². The molecule has 1 aromatic heterocycles. The van der Waals surface area contributed by atoms with E-state index in [4.69, 9.17) is 0 Å². The Morgan fingerprint density at radius 2 is 1.95 bits per heavy atom. The van der Waals surface area contributed by atoms with Crippen molar-refractivity contribution in [3.05, 3.63) is 41.6 Å². The molecule has 9 nitrogen and oxygen atoms in total. The molecule has 0 spiro atoms. The van der Waals surface area contributed by atoms with Gasteiger partial charge in [0.25, 0.3) is 0 Å². The van der Waals surface area contributed by atoms with Gasteiger partial charge in [0.05, 0.1) is 6.20 Å². The number of halogens is 3. The van der Waals surface area contributed by atoms with E-state index < -0.39 is 12.3 Å². The van der Waals surface area contributed by atoms with Crippen LogP contribution in [0.3, 0.4) is 0 Å². The normalized spacial score (nSPS) is 30.6. The van der Waals surface area contributed by atoms with Crippen molar-refractivity contribution >= 4 is 17.7 Å². The molecule has 4 saturated carbocycles. The second kappa shape index (κ2) is 10.7. The van der Waals surface area contributed by atoms with Crippen LogP contribution in [0, 0.1) is 34.5 Å². The SMILES string of the molecule is N#Cc1cnc(NCc2ccccc2OC(F)(F)F)nc1NC[C@]12CC3C[C@H](C1)C(N1CCC[C@@H]1C(=O)O)[C@@H](C3)C2. The molecule has 6 atom stereocenters. The minimum atomic E-state index is -4.80. The molecule has 2 unspecified atom stereocenters. The van der Waals surface area contributed by atoms with Crippen LogP contribution in [0.25, 0.3) is 0 Å². The van der Waals surface area contributed by atoms with Crippen molar-refractivity contribution in [2.24, 2.45) is 23.2 Å². The zero-order chi connectivity index (χ0) is 28.8. The largest absolute Gasteiger partial charge is 0.573 e. The van der Waals surface area contributed by atoms with Crippen molar-refractivity contribution in [2.75, 3.05) is 23.7 Å². The van der Waals surface area contributed by atoms with E-state index in [1.54, 1.807) is 6.07 Å². The number of nitrogens with zero attached hydrogens (tertiary/aromatic N) is 4. The number of hydrogen-bond acceptors (Lipinski definition) is 8. The van der Waals surface area contributed by atoms with Crippen LogP contribution in [0.15, 0.2) is 30.5 Å². The number of ether oxygens (including phenoxy) is 1. The zero-order valence-corrected chi connectivity index (χ0v) is 22.5. The molecule has 5 fully saturated rings. The van der Waals surface area contributed by atoms with Gasteiger partial charge in [-0.1, -0.05) is 18.2 Å². The van der Waals surface area contributed by atoms with Crippen molar-refractivity contribution in [1.29, 1.82) is 5.26 Å². The summed E-state index contributed by atoms with van der Waals surface area (Å²) in [6.45, 7) is 1.51. The molecule has 41 heavy (non-hydrogen) atoms. The molecular weight excluding hydrogens is 537 g/mol. The van der Waals surface area contributed by atoms with Gasteiger partial charge in [0, 0.05) is 24.7 Å². The molecule has 1 aliphatic heterocycles. The lowest BCUT2D eigenvalue weighted by molar-refractivity contribution is -0.274. The minimum absolute atomic E-state index is 0.00178. The molecule has 0 radical (unpaired) electrons. The number of aliphatic carboxylic acids is 1. The number of carboxylic acids is 1. The molecule has 4 bridgehead atoms. The monoisotopic (exact) mass is 570 g/mol. The van der Waals surface area contributed by atoms with Crippen LogP contribution in [0.1, 0.15) is 56.1 Å². The van der Waals surface area contributed by atoms with Crippen molar-refractivity contribution in [3.63, 3.8) is 0 Å². The standard InChI is InChI=1S/C29H33F3N6O3/c30-29(31,32)41-23-6-2-1-4-18(23)14-34-27-35-15-21(13-33)25(37-27)36-16-28-10-17-8-19(11-28)24(20(9-17)12-28)38-7-3-5-22(38)26(39)40/h1-2,4,6,15,17,19-20,22,24H,3,5,7-12,14,16H2,(H,39,40)(H2,34,35,36,37)/t17?,19-,20+,22-,24?,28-/m1/s1. The molecule has 218 valence electrons. The third-order valence-corrected chi connectivity index (χ3v) is 9.49. The zero-order valence-electron chi connectivity index (χ0n) is 22.5. The van der Waals surface area contributed by atoms with Crippen LogP contribution >= 0.6 is 0 Å². The predicted molar refractivity (Wildman–Crippen MR) is 143 cm³/mol. The Morgan fingerprint density at radius 1 is 1.20 bits per heavy atom. The maximum atomic E-state index is 12.8. The fraction of sp³-hybridized carbons (Fsp3) is 0.586. The number of anilines is 2. The summed E-state index contributed by atoms with van der Waals surface area (Å²) in [5.74, 6) is 1.15. The number of nitrogens with one attached hydrogen (secondary N) is 2. The Morgan fingerprint density at radius 3 is 2.66 bits per heavy atom. The van der Waals surface area contributed by atoms with E-state index in [1.807, 2.05) is 0 Å². The highest BCUT2D eigenvalue weighted by atomic mass is 19.4. The highest BCUT2D eigenvalue weighted by Crippen LogP contribution is 2.61. The van der Waals surface area contributed by atoms with E-state index >= 15 is 0 Å². The van der Waals surface area contributed by atoms with E-state index in [1.165, 1.54) is 24.4 Å². The van der Waals surface area contributed by atoms with E-state index in [-0.39, 0.29) is 29.7 Å². The van der Waals surface area contributed by atoms with Crippen molar-refractivity contribution in [3.8, 4) is 11.8 Å². The van der Waals surface area contributed by atoms with Crippen LogP contribution in [0.4, 0.5) is 24.9 Å². The lowest BCUT2D eigenvalue weighted by Crippen LogP contribution is -2.62. The highest BCUT2D eigenvalue weighted by Gasteiger charge is 2.57.